The topological polar surface area (TPSA) is 29.1 Å². The Morgan fingerprint density at radius 1 is 1.15 bits per heavy atom. The fourth-order valence-corrected chi connectivity index (χ4v) is 1.02. The van der Waals surface area contributed by atoms with Crippen LogP contribution in [0.3, 0.4) is 0 Å². The van der Waals surface area contributed by atoms with Crippen LogP contribution < -0.4 is 0 Å². The van der Waals surface area contributed by atoms with Crippen LogP contribution in [0.1, 0.15) is 47.0 Å². The second kappa shape index (κ2) is 7.34. The zero-order valence-corrected chi connectivity index (χ0v) is 9.38. The molecule has 0 spiro atoms. The molecule has 0 saturated carbocycles. The predicted molar refractivity (Wildman–Crippen MR) is 54.0 cm³/mol. The molecule has 0 aliphatic heterocycles. The molecule has 13 heavy (non-hydrogen) atoms. The molecule has 2 nitrogen and oxygen atoms in total. The van der Waals surface area contributed by atoms with Crippen molar-refractivity contribution in [1.82, 2.24) is 0 Å². The van der Waals surface area contributed by atoms with Crippen molar-refractivity contribution in [3.63, 3.8) is 0 Å². The molecule has 0 fully saturated rings. The van der Waals surface area contributed by atoms with Crippen molar-refractivity contribution in [3.05, 3.63) is 0 Å². The molecule has 0 aromatic carbocycles. The van der Waals surface area contributed by atoms with Crippen molar-refractivity contribution in [2.24, 2.45) is 11.8 Å². The fraction of sp³-hybridized carbons (Fsp3) is 1.00. The molecular weight excluding hydrogens is 164 g/mol. The second-order valence-corrected chi connectivity index (χ2v) is 4.05. The van der Waals surface area contributed by atoms with Crippen LogP contribution in [0.4, 0.5) is 0 Å². The van der Waals surface area contributed by atoms with E-state index in [0.29, 0.717) is 12.5 Å². The predicted octanol–water partition coefficient (Wildman–Crippen LogP) is 3.24. The van der Waals surface area contributed by atoms with Gasteiger partial charge in [0.15, 0.2) is 6.29 Å². The summed E-state index contributed by atoms with van der Waals surface area (Å²) in [4.78, 5) is 0. The molecule has 0 amide bonds. The fourth-order valence-electron chi connectivity index (χ4n) is 1.02. The van der Waals surface area contributed by atoms with Crippen LogP contribution in [0.15, 0.2) is 0 Å². The maximum atomic E-state index is 11.4. The first kappa shape index (κ1) is 12.9. The van der Waals surface area contributed by atoms with Crippen molar-refractivity contribution >= 4 is 0 Å². The number of rotatable bonds is 7. The summed E-state index contributed by atoms with van der Waals surface area (Å²) in [6.45, 7) is 8.85. The average Bonchev–Trinajstić information content (AvgIpc) is 2.10. The molecule has 0 rings (SSSR count). The number of hydrogen-bond acceptors (Lipinski definition) is 1. The van der Waals surface area contributed by atoms with Gasteiger partial charge in [0.05, 0.1) is 0 Å². The minimum Gasteiger partial charge on any atom is -0.349 e. The van der Waals surface area contributed by atoms with Gasteiger partial charge in [0, 0.05) is 12.5 Å². The van der Waals surface area contributed by atoms with E-state index in [2.05, 4.69) is 20.8 Å². The van der Waals surface area contributed by atoms with Gasteiger partial charge in [0.1, 0.15) is 0 Å². The Bertz CT molecular complexity index is 113. The maximum absolute atomic E-state index is 11.4. The Morgan fingerprint density at radius 3 is 2.23 bits per heavy atom. The molecule has 0 heterocycles. The van der Waals surface area contributed by atoms with Crippen molar-refractivity contribution in [3.8, 4) is 0 Å². The molecule has 79 valence electrons. The van der Waals surface area contributed by atoms with E-state index >= 15 is 0 Å². The number of hydrogen-bond donors (Lipinski definition) is 0. The number of ether oxygens (including phenoxy) is 1. The number of unbranched alkanes of at least 4 members (excludes halogenated alkanes) is 2. The Morgan fingerprint density at radius 2 is 1.77 bits per heavy atom. The monoisotopic (exact) mass is 187 g/mol. The van der Waals surface area contributed by atoms with Crippen LogP contribution in [0.2, 0.25) is 0 Å². The van der Waals surface area contributed by atoms with Gasteiger partial charge < -0.3 is 4.74 Å². The molecule has 0 aromatic heterocycles. The molecule has 0 N–H and O–H groups in total. The van der Waals surface area contributed by atoms with Gasteiger partial charge in [0.25, 0.3) is 0 Å². The Balaban J connectivity index is 3.44. The summed E-state index contributed by atoms with van der Waals surface area (Å²) in [5, 5.41) is 11.4. The van der Waals surface area contributed by atoms with Crippen molar-refractivity contribution in [2.75, 3.05) is 6.61 Å². The van der Waals surface area contributed by atoms with Gasteiger partial charge in [-0.25, -0.2) is 5.11 Å². The third kappa shape index (κ3) is 6.05. The van der Waals surface area contributed by atoms with E-state index in [1.165, 1.54) is 6.42 Å². The highest BCUT2D eigenvalue weighted by molar-refractivity contribution is 4.59. The first-order valence-electron chi connectivity index (χ1n) is 5.37. The van der Waals surface area contributed by atoms with E-state index in [4.69, 9.17) is 4.74 Å². The lowest BCUT2D eigenvalue weighted by molar-refractivity contribution is -0.176. The van der Waals surface area contributed by atoms with Crippen molar-refractivity contribution < 1.29 is 9.84 Å². The lowest BCUT2D eigenvalue weighted by atomic mass is 9.98. The largest absolute Gasteiger partial charge is 0.349 e. The van der Waals surface area contributed by atoms with Gasteiger partial charge >= 0.3 is 0 Å². The van der Waals surface area contributed by atoms with Crippen LogP contribution in [0.5, 0.6) is 0 Å². The van der Waals surface area contributed by atoms with E-state index < -0.39 is 6.29 Å². The first-order chi connectivity index (χ1) is 6.09. The lowest BCUT2D eigenvalue weighted by Crippen LogP contribution is -2.24. The quantitative estimate of drug-likeness (QED) is 0.444. The van der Waals surface area contributed by atoms with Crippen molar-refractivity contribution in [1.29, 1.82) is 0 Å². The molecule has 2 unspecified atom stereocenters. The third-order valence-corrected chi connectivity index (χ3v) is 2.51. The van der Waals surface area contributed by atoms with Crippen LogP contribution in [-0.4, -0.2) is 12.9 Å². The highest BCUT2D eigenvalue weighted by atomic mass is 16.6. The summed E-state index contributed by atoms with van der Waals surface area (Å²) in [7, 11) is 0. The van der Waals surface area contributed by atoms with Crippen LogP contribution >= 0.6 is 0 Å². The third-order valence-electron chi connectivity index (χ3n) is 2.51. The molecule has 1 radical (unpaired) electrons. The smallest absolute Gasteiger partial charge is 0.194 e. The van der Waals surface area contributed by atoms with Crippen LogP contribution in [0, 0.1) is 11.8 Å². The van der Waals surface area contributed by atoms with Crippen LogP contribution in [0.25, 0.3) is 0 Å². The van der Waals surface area contributed by atoms with Gasteiger partial charge in [-0.05, 0) is 12.3 Å². The maximum Gasteiger partial charge on any atom is 0.194 e. The molecule has 0 aromatic rings. The standard InChI is InChI=1S/C11H23O2/c1-5-6-7-8-13-11(12)10(4)9(2)3/h9-11H,5-8H2,1-4H3. The normalized spacial score (nSPS) is 16.2. The minimum atomic E-state index is -0.836. The van der Waals surface area contributed by atoms with Crippen molar-refractivity contribution in [2.45, 2.75) is 53.2 Å². The summed E-state index contributed by atoms with van der Waals surface area (Å²) in [5.74, 6) is 0.523. The molecule has 0 saturated heterocycles. The van der Waals surface area contributed by atoms with Gasteiger partial charge in [-0.1, -0.05) is 40.5 Å². The molecule has 0 aliphatic rings. The Kier molecular flexibility index (Phi) is 7.29. The lowest BCUT2D eigenvalue weighted by Gasteiger charge is -2.20. The van der Waals surface area contributed by atoms with E-state index in [1.807, 2.05) is 6.92 Å². The SMILES string of the molecule is CCCCCOC([O])C(C)C(C)C. The summed E-state index contributed by atoms with van der Waals surface area (Å²) in [6, 6.07) is 0. The first-order valence-corrected chi connectivity index (χ1v) is 5.37. The van der Waals surface area contributed by atoms with E-state index in [1.54, 1.807) is 0 Å². The van der Waals surface area contributed by atoms with E-state index in [9.17, 15) is 5.11 Å². The minimum absolute atomic E-state index is 0.113. The summed E-state index contributed by atoms with van der Waals surface area (Å²) < 4.78 is 5.21. The molecule has 0 bridgehead atoms. The summed E-state index contributed by atoms with van der Waals surface area (Å²) in [6.07, 6.45) is 2.51. The second-order valence-electron chi connectivity index (χ2n) is 4.05. The van der Waals surface area contributed by atoms with Gasteiger partial charge in [-0.15, -0.1) is 0 Å². The molecule has 0 aliphatic carbocycles. The van der Waals surface area contributed by atoms with Crippen LogP contribution in [-0.2, 0) is 9.84 Å². The zero-order chi connectivity index (χ0) is 10.3. The van der Waals surface area contributed by atoms with E-state index in [-0.39, 0.29) is 5.92 Å². The van der Waals surface area contributed by atoms with Gasteiger partial charge in [-0.2, -0.15) is 0 Å². The summed E-state index contributed by atoms with van der Waals surface area (Å²) in [5.41, 5.74) is 0. The highest BCUT2D eigenvalue weighted by Gasteiger charge is 2.19. The van der Waals surface area contributed by atoms with Gasteiger partial charge in [0.2, 0.25) is 0 Å². The Labute approximate surface area is 82.3 Å². The highest BCUT2D eigenvalue weighted by Crippen LogP contribution is 2.16. The molecule has 2 heteroatoms. The average molecular weight is 187 g/mol. The Hall–Kier alpha value is -0.0800. The molecule has 2 atom stereocenters. The van der Waals surface area contributed by atoms with E-state index in [0.717, 1.165) is 12.8 Å². The summed E-state index contributed by atoms with van der Waals surface area (Å²) >= 11 is 0. The zero-order valence-electron chi connectivity index (χ0n) is 9.38. The van der Waals surface area contributed by atoms with Gasteiger partial charge in [-0.3, -0.25) is 0 Å². The molecular formula is C11H23O2.